The van der Waals surface area contributed by atoms with Crippen LogP contribution in [0.3, 0.4) is 0 Å². The van der Waals surface area contributed by atoms with E-state index in [2.05, 4.69) is 28.2 Å². The van der Waals surface area contributed by atoms with Crippen molar-refractivity contribution < 1.29 is 9.59 Å². The largest absolute Gasteiger partial charge is 0.343 e. The summed E-state index contributed by atoms with van der Waals surface area (Å²) < 4.78 is 0. The fraction of sp³-hybridized carbons (Fsp3) is 0.333. The van der Waals surface area contributed by atoms with Crippen molar-refractivity contribution in [1.82, 2.24) is 19.8 Å². The molecule has 0 spiro atoms. The highest BCUT2D eigenvalue weighted by Gasteiger charge is 2.47. The van der Waals surface area contributed by atoms with Crippen molar-refractivity contribution >= 4 is 11.8 Å². The van der Waals surface area contributed by atoms with Crippen molar-refractivity contribution in [3.63, 3.8) is 0 Å². The van der Waals surface area contributed by atoms with Crippen LogP contribution < -0.4 is 0 Å². The lowest BCUT2D eigenvalue weighted by atomic mass is 9.79. The van der Waals surface area contributed by atoms with Crippen LogP contribution in [0.2, 0.25) is 0 Å². The van der Waals surface area contributed by atoms with Gasteiger partial charge in [-0.3, -0.25) is 19.6 Å². The number of hydrogen-bond donors (Lipinski definition) is 0. The third-order valence-electron chi connectivity index (χ3n) is 6.54. The molecule has 1 aromatic carbocycles. The number of hydrogen-bond acceptors (Lipinski definition) is 4. The summed E-state index contributed by atoms with van der Waals surface area (Å²) in [4.78, 5) is 38.8. The SMILES string of the molecule is CCN(CC)C(=O)[C@]1(Cc2cccc(-c3cccnc3)c2)CCN(C(=O)c2ccncc2)C1. The number of carbonyl (C=O) groups excluding carboxylic acids is 2. The van der Waals surface area contributed by atoms with E-state index in [4.69, 9.17) is 0 Å². The molecule has 6 heteroatoms. The van der Waals surface area contributed by atoms with E-state index in [1.54, 1.807) is 30.7 Å². The van der Waals surface area contributed by atoms with Gasteiger partial charge in [-0.2, -0.15) is 0 Å². The Kier molecular flexibility index (Phi) is 6.82. The first-order valence-corrected chi connectivity index (χ1v) is 11.5. The highest BCUT2D eigenvalue weighted by molar-refractivity contribution is 5.95. The number of likely N-dealkylation sites (tertiary alicyclic amines) is 1. The maximum atomic E-state index is 13.8. The first kappa shape index (κ1) is 22.6. The molecule has 1 atom stereocenters. The summed E-state index contributed by atoms with van der Waals surface area (Å²) in [6, 6.07) is 15.7. The van der Waals surface area contributed by atoms with Crippen molar-refractivity contribution in [2.24, 2.45) is 5.41 Å². The number of amides is 2. The van der Waals surface area contributed by atoms with E-state index in [0.717, 1.165) is 16.7 Å². The number of nitrogens with zero attached hydrogens (tertiary/aromatic N) is 4. The Morgan fingerprint density at radius 3 is 2.42 bits per heavy atom. The van der Waals surface area contributed by atoms with Gasteiger partial charge in [0.1, 0.15) is 0 Å². The second kappa shape index (κ2) is 9.94. The average Bonchev–Trinajstić information content (AvgIpc) is 3.30. The molecule has 0 unspecified atom stereocenters. The molecule has 1 aliphatic rings. The number of aromatic nitrogens is 2. The second-order valence-electron chi connectivity index (χ2n) is 8.59. The molecule has 2 aromatic heterocycles. The lowest BCUT2D eigenvalue weighted by molar-refractivity contribution is -0.141. The third kappa shape index (κ3) is 4.80. The van der Waals surface area contributed by atoms with Crippen molar-refractivity contribution in [1.29, 1.82) is 0 Å². The molecule has 0 bridgehead atoms. The molecule has 170 valence electrons. The predicted octanol–water partition coefficient (Wildman–Crippen LogP) is 4.09. The lowest BCUT2D eigenvalue weighted by Crippen LogP contribution is -2.47. The molecule has 0 radical (unpaired) electrons. The Balaban J connectivity index is 1.64. The highest BCUT2D eigenvalue weighted by atomic mass is 16.2. The average molecular weight is 443 g/mol. The number of benzene rings is 1. The van der Waals surface area contributed by atoms with Gasteiger partial charge in [0.05, 0.1) is 5.41 Å². The summed E-state index contributed by atoms with van der Waals surface area (Å²) in [5.74, 6) is 0.0834. The van der Waals surface area contributed by atoms with Crippen molar-refractivity contribution in [2.75, 3.05) is 26.2 Å². The van der Waals surface area contributed by atoms with Crippen LogP contribution in [0.1, 0.15) is 36.2 Å². The van der Waals surface area contributed by atoms with Crippen LogP contribution in [0, 0.1) is 5.41 Å². The lowest BCUT2D eigenvalue weighted by Gasteiger charge is -2.34. The van der Waals surface area contributed by atoms with E-state index in [-0.39, 0.29) is 11.8 Å². The molecule has 4 rings (SSSR count). The number of pyridine rings is 2. The third-order valence-corrected chi connectivity index (χ3v) is 6.54. The van der Waals surface area contributed by atoms with Gasteiger partial charge >= 0.3 is 0 Å². The number of carbonyl (C=O) groups is 2. The van der Waals surface area contributed by atoms with E-state index in [9.17, 15) is 9.59 Å². The summed E-state index contributed by atoms with van der Waals surface area (Å²) in [5.41, 5.74) is 3.19. The minimum atomic E-state index is -0.637. The summed E-state index contributed by atoms with van der Waals surface area (Å²) in [6.07, 6.45) is 8.11. The van der Waals surface area contributed by atoms with Crippen LogP contribution in [0.15, 0.2) is 73.3 Å². The highest BCUT2D eigenvalue weighted by Crippen LogP contribution is 2.37. The molecular weight excluding hydrogens is 412 g/mol. The molecule has 0 saturated carbocycles. The maximum absolute atomic E-state index is 13.8. The van der Waals surface area contributed by atoms with Crippen LogP contribution in [0.5, 0.6) is 0 Å². The van der Waals surface area contributed by atoms with Crippen LogP contribution >= 0.6 is 0 Å². The van der Waals surface area contributed by atoms with Gasteiger partial charge < -0.3 is 9.80 Å². The van der Waals surface area contributed by atoms with Crippen LogP contribution in [-0.2, 0) is 11.2 Å². The second-order valence-corrected chi connectivity index (χ2v) is 8.59. The van der Waals surface area contributed by atoms with Crippen molar-refractivity contribution in [2.45, 2.75) is 26.7 Å². The molecule has 1 fully saturated rings. The summed E-state index contributed by atoms with van der Waals surface area (Å²) in [6.45, 7) is 6.31. The first-order chi connectivity index (χ1) is 16.1. The molecule has 6 nitrogen and oxygen atoms in total. The Morgan fingerprint density at radius 2 is 1.73 bits per heavy atom. The maximum Gasteiger partial charge on any atom is 0.253 e. The Morgan fingerprint density at radius 1 is 0.970 bits per heavy atom. The molecule has 1 aliphatic heterocycles. The van der Waals surface area contributed by atoms with Crippen LogP contribution in [0.25, 0.3) is 11.1 Å². The zero-order valence-corrected chi connectivity index (χ0v) is 19.3. The van der Waals surface area contributed by atoms with Gasteiger partial charge in [0.2, 0.25) is 5.91 Å². The molecule has 0 aliphatic carbocycles. The Labute approximate surface area is 195 Å². The van der Waals surface area contributed by atoms with Gasteiger partial charge in [0.25, 0.3) is 5.91 Å². The van der Waals surface area contributed by atoms with E-state index in [1.165, 1.54) is 0 Å². The van der Waals surface area contributed by atoms with Gasteiger partial charge in [0, 0.05) is 56.5 Å². The molecule has 0 N–H and O–H groups in total. The van der Waals surface area contributed by atoms with Gasteiger partial charge in [-0.1, -0.05) is 30.3 Å². The summed E-state index contributed by atoms with van der Waals surface area (Å²) >= 11 is 0. The van der Waals surface area contributed by atoms with Gasteiger partial charge in [0.15, 0.2) is 0 Å². The number of rotatable bonds is 7. The van der Waals surface area contributed by atoms with Gasteiger partial charge in [-0.15, -0.1) is 0 Å². The monoisotopic (exact) mass is 442 g/mol. The fourth-order valence-corrected chi connectivity index (χ4v) is 4.75. The van der Waals surface area contributed by atoms with E-state index in [0.29, 0.717) is 44.6 Å². The van der Waals surface area contributed by atoms with Crippen LogP contribution in [0.4, 0.5) is 0 Å². The van der Waals surface area contributed by atoms with Crippen LogP contribution in [-0.4, -0.2) is 57.8 Å². The van der Waals surface area contributed by atoms with Gasteiger partial charge in [-0.25, -0.2) is 0 Å². The topological polar surface area (TPSA) is 66.4 Å². The minimum Gasteiger partial charge on any atom is -0.343 e. The van der Waals surface area contributed by atoms with E-state index < -0.39 is 5.41 Å². The van der Waals surface area contributed by atoms with Crippen molar-refractivity contribution in [3.8, 4) is 11.1 Å². The molecule has 1 saturated heterocycles. The zero-order chi connectivity index (χ0) is 23.3. The quantitative estimate of drug-likeness (QED) is 0.553. The normalized spacial score (nSPS) is 17.7. The van der Waals surface area contributed by atoms with E-state index in [1.807, 2.05) is 48.0 Å². The zero-order valence-electron chi connectivity index (χ0n) is 19.3. The molecule has 3 heterocycles. The standard InChI is InChI=1S/C27H30N4O2/c1-3-30(4-2)26(33)27(12-16-31(20-27)25(32)22-10-14-28-15-11-22)18-21-7-5-8-23(17-21)24-9-6-13-29-19-24/h5-11,13-15,17,19H,3-4,12,16,18,20H2,1-2H3/t27-/m0/s1. The summed E-state index contributed by atoms with van der Waals surface area (Å²) in [7, 11) is 0. The molecular formula is C27H30N4O2. The Bertz CT molecular complexity index is 1100. The fourth-order valence-electron chi connectivity index (χ4n) is 4.75. The predicted molar refractivity (Wildman–Crippen MR) is 128 cm³/mol. The molecule has 33 heavy (non-hydrogen) atoms. The van der Waals surface area contributed by atoms with Crippen molar-refractivity contribution in [3.05, 3.63) is 84.4 Å². The Hall–Kier alpha value is -3.54. The summed E-state index contributed by atoms with van der Waals surface area (Å²) in [5, 5.41) is 0. The van der Waals surface area contributed by atoms with Gasteiger partial charge in [-0.05, 0) is 61.6 Å². The smallest absolute Gasteiger partial charge is 0.253 e. The molecule has 3 aromatic rings. The van der Waals surface area contributed by atoms with E-state index >= 15 is 0 Å². The molecule has 2 amide bonds. The first-order valence-electron chi connectivity index (χ1n) is 11.5. The minimum absolute atomic E-state index is 0.0456.